The Bertz CT molecular complexity index is 441. The third-order valence-electron chi connectivity index (χ3n) is 3.13. The van der Waals surface area contributed by atoms with Crippen molar-refractivity contribution >= 4 is 17.6 Å². The average Bonchev–Trinajstić information content (AvgIpc) is 2.86. The summed E-state index contributed by atoms with van der Waals surface area (Å²) in [7, 11) is 1.77. The van der Waals surface area contributed by atoms with Crippen molar-refractivity contribution in [3.8, 4) is 0 Å². The maximum absolute atomic E-state index is 11.9. The van der Waals surface area contributed by atoms with Gasteiger partial charge < -0.3 is 10.4 Å². The van der Waals surface area contributed by atoms with E-state index in [9.17, 15) is 9.59 Å². The van der Waals surface area contributed by atoms with Gasteiger partial charge in [0.2, 0.25) is 5.91 Å². The van der Waals surface area contributed by atoms with Gasteiger partial charge >= 0.3 is 5.97 Å². The molecule has 1 amide bonds. The van der Waals surface area contributed by atoms with E-state index >= 15 is 0 Å². The lowest BCUT2D eigenvalue weighted by Crippen LogP contribution is -2.21. The van der Waals surface area contributed by atoms with Crippen LogP contribution in [-0.2, 0) is 16.6 Å². The van der Waals surface area contributed by atoms with Crippen LogP contribution in [0.15, 0.2) is 12.4 Å². The smallest absolute Gasteiger partial charge is 0.306 e. The molecule has 1 saturated carbocycles. The van der Waals surface area contributed by atoms with E-state index in [2.05, 4.69) is 10.4 Å². The maximum atomic E-state index is 11.9. The van der Waals surface area contributed by atoms with Crippen molar-refractivity contribution in [1.82, 2.24) is 9.78 Å². The van der Waals surface area contributed by atoms with Gasteiger partial charge in [0.05, 0.1) is 17.8 Å². The molecule has 0 spiro atoms. The number of amides is 1. The zero-order chi connectivity index (χ0) is 12.4. The predicted molar refractivity (Wildman–Crippen MR) is 60.3 cm³/mol. The zero-order valence-electron chi connectivity index (χ0n) is 9.59. The van der Waals surface area contributed by atoms with E-state index in [0.29, 0.717) is 24.9 Å². The van der Waals surface area contributed by atoms with Gasteiger partial charge in [0, 0.05) is 19.2 Å². The fraction of sp³-hybridized carbons (Fsp3) is 0.545. The number of nitrogens with zero attached hydrogens (tertiary/aromatic N) is 2. The largest absolute Gasteiger partial charge is 0.481 e. The Morgan fingerprint density at radius 2 is 2.18 bits per heavy atom. The van der Waals surface area contributed by atoms with E-state index in [4.69, 9.17) is 5.11 Å². The number of aromatic nitrogens is 2. The number of carbonyl (C=O) groups excluding carboxylic acids is 1. The SMILES string of the molecule is Cn1cc(NC(=O)C2CCC(C(=O)O)C2)cn1. The van der Waals surface area contributed by atoms with Gasteiger partial charge in [-0.2, -0.15) is 5.10 Å². The summed E-state index contributed by atoms with van der Waals surface area (Å²) in [6, 6.07) is 0. The third-order valence-corrected chi connectivity index (χ3v) is 3.13. The number of hydrogen-bond donors (Lipinski definition) is 2. The van der Waals surface area contributed by atoms with E-state index in [1.165, 1.54) is 0 Å². The number of rotatable bonds is 3. The molecule has 6 heteroatoms. The maximum Gasteiger partial charge on any atom is 0.306 e. The molecule has 17 heavy (non-hydrogen) atoms. The molecule has 0 bridgehead atoms. The monoisotopic (exact) mass is 237 g/mol. The second-order valence-electron chi connectivity index (χ2n) is 4.44. The summed E-state index contributed by atoms with van der Waals surface area (Å²) in [6.45, 7) is 0. The summed E-state index contributed by atoms with van der Waals surface area (Å²) in [5.41, 5.74) is 0.649. The second kappa shape index (κ2) is 4.57. The number of carboxylic acid groups (broad SMARTS) is 1. The fourth-order valence-corrected chi connectivity index (χ4v) is 2.17. The van der Waals surface area contributed by atoms with Crippen LogP contribution in [0, 0.1) is 11.8 Å². The highest BCUT2D eigenvalue weighted by Crippen LogP contribution is 2.31. The van der Waals surface area contributed by atoms with Crippen molar-refractivity contribution in [2.75, 3.05) is 5.32 Å². The number of anilines is 1. The molecule has 2 rings (SSSR count). The van der Waals surface area contributed by atoms with E-state index in [0.717, 1.165) is 0 Å². The highest BCUT2D eigenvalue weighted by atomic mass is 16.4. The number of nitrogens with one attached hydrogen (secondary N) is 1. The molecule has 1 aliphatic carbocycles. The van der Waals surface area contributed by atoms with E-state index < -0.39 is 5.97 Å². The van der Waals surface area contributed by atoms with Gasteiger partial charge in [-0.3, -0.25) is 14.3 Å². The highest BCUT2D eigenvalue weighted by molar-refractivity contribution is 5.93. The van der Waals surface area contributed by atoms with E-state index in [-0.39, 0.29) is 17.7 Å². The Hall–Kier alpha value is -1.85. The van der Waals surface area contributed by atoms with Crippen LogP contribution in [0.25, 0.3) is 0 Å². The minimum atomic E-state index is -0.804. The summed E-state index contributed by atoms with van der Waals surface area (Å²) in [5.74, 6) is -1.49. The summed E-state index contributed by atoms with van der Waals surface area (Å²) >= 11 is 0. The first kappa shape index (κ1) is 11.6. The summed E-state index contributed by atoms with van der Waals surface area (Å²) in [4.78, 5) is 22.6. The van der Waals surface area contributed by atoms with Crippen LogP contribution in [0.4, 0.5) is 5.69 Å². The molecule has 1 aromatic rings. The lowest BCUT2D eigenvalue weighted by atomic mass is 10.0. The Morgan fingerprint density at radius 1 is 1.47 bits per heavy atom. The predicted octanol–water partition coefficient (Wildman–Crippen LogP) is 0.859. The van der Waals surface area contributed by atoms with Crippen LogP contribution in [0.3, 0.4) is 0 Å². The van der Waals surface area contributed by atoms with Crippen LogP contribution in [0.5, 0.6) is 0 Å². The Labute approximate surface area is 98.6 Å². The van der Waals surface area contributed by atoms with Gasteiger partial charge in [-0.25, -0.2) is 0 Å². The number of hydrogen-bond acceptors (Lipinski definition) is 3. The lowest BCUT2D eigenvalue weighted by Gasteiger charge is -2.08. The average molecular weight is 237 g/mol. The molecule has 2 atom stereocenters. The van der Waals surface area contributed by atoms with Crippen LogP contribution >= 0.6 is 0 Å². The van der Waals surface area contributed by atoms with E-state index in [1.54, 1.807) is 24.1 Å². The third kappa shape index (κ3) is 2.64. The number of carboxylic acids is 1. The first-order chi connectivity index (χ1) is 8.06. The quantitative estimate of drug-likeness (QED) is 0.816. The van der Waals surface area contributed by atoms with E-state index in [1.807, 2.05) is 0 Å². The van der Waals surface area contributed by atoms with Crippen molar-refractivity contribution in [1.29, 1.82) is 0 Å². The molecule has 1 aliphatic rings. The van der Waals surface area contributed by atoms with Gasteiger partial charge in [-0.1, -0.05) is 0 Å². The second-order valence-corrected chi connectivity index (χ2v) is 4.44. The Balaban J connectivity index is 1.91. The van der Waals surface area contributed by atoms with Crippen LogP contribution < -0.4 is 5.32 Å². The van der Waals surface area contributed by atoms with Crippen LogP contribution in [0.1, 0.15) is 19.3 Å². The highest BCUT2D eigenvalue weighted by Gasteiger charge is 2.33. The minimum absolute atomic E-state index is 0.109. The molecular weight excluding hydrogens is 222 g/mol. The first-order valence-corrected chi connectivity index (χ1v) is 5.58. The van der Waals surface area contributed by atoms with Crippen molar-refractivity contribution in [3.63, 3.8) is 0 Å². The normalized spacial score (nSPS) is 23.6. The molecule has 1 fully saturated rings. The molecule has 0 saturated heterocycles. The molecule has 92 valence electrons. The number of carbonyl (C=O) groups is 2. The molecule has 1 aromatic heterocycles. The number of aliphatic carboxylic acids is 1. The zero-order valence-corrected chi connectivity index (χ0v) is 9.59. The molecular formula is C11H15N3O3. The van der Waals surface area contributed by atoms with Gasteiger partial charge in [0.1, 0.15) is 0 Å². The first-order valence-electron chi connectivity index (χ1n) is 5.58. The topological polar surface area (TPSA) is 84.2 Å². The number of aryl methyl sites for hydroxylation is 1. The molecule has 0 radical (unpaired) electrons. The molecule has 2 unspecified atom stereocenters. The van der Waals surface area contributed by atoms with Crippen molar-refractivity contribution < 1.29 is 14.7 Å². The molecule has 6 nitrogen and oxygen atoms in total. The van der Waals surface area contributed by atoms with Crippen molar-refractivity contribution in [2.24, 2.45) is 18.9 Å². The molecule has 1 heterocycles. The van der Waals surface area contributed by atoms with Crippen LogP contribution in [-0.4, -0.2) is 26.8 Å². The minimum Gasteiger partial charge on any atom is -0.481 e. The lowest BCUT2D eigenvalue weighted by molar-refractivity contribution is -0.141. The van der Waals surface area contributed by atoms with Gasteiger partial charge in [0.15, 0.2) is 0 Å². The molecule has 2 N–H and O–H groups in total. The van der Waals surface area contributed by atoms with Gasteiger partial charge in [-0.15, -0.1) is 0 Å². The summed E-state index contributed by atoms with van der Waals surface area (Å²) in [6.07, 6.45) is 4.94. The van der Waals surface area contributed by atoms with Gasteiger partial charge in [-0.05, 0) is 19.3 Å². The van der Waals surface area contributed by atoms with Crippen molar-refractivity contribution in [2.45, 2.75) is 19.3 Å². The Kier molecular flexibility index (Phi) is 3.12. The van der Waals surface area contributed by atoms with Crippen molar-refractivity contribution in [3.05, 3.63) is 12.4 Å². The fourth-order valence-electron chi connectivity index (χ4n) is 2.17. The van der Waals surface area contributed by atoms with Gasteiger partial charge in [0.25, 0.3) is 0 Å². The summed E-state index contributed by atoms with van der Waals surface area (Å²) in [5, 5.41) is 15.6. The molecule has 0 aliphatic heterocycles. The standard InChI is InChI=1S/C11H15N3O3/c1-14-6-9(5-12-14)13-10(15)7-2-3-8(4-7)11(16)17/h5-8H,2-4H2,1H3,(H,13,15)(H,16,17). The Morgan fingerprint density at radius 3 is 2.71 bits per heavy atom. The van der Waals surface area contributed by atoms with Crippen LogP contribution in [0.2, 0.25) is 0 Å². The molecule has 0 aromatic carbocycles. The summed E-state index contributed by atoms with van der Waals surface area (Å²) < 4.78 is 1.60.